The third-order valence-electron chi connectivity index (χ3n) is 5.92. The topological polar surface area (TPSA) is 70.7 Å². The van der Waals surface area contributed by atoms with Gasteiger partial charge in [-0.05, 0) is 69.6 Å². The van der Waals surface area contributed by atoms with Gasteiger partial charge in [0.05, 0.1) is 24.9 Å². The normalized spacial score (nSPS) is 16.9. The lowest BCUT2D eigenvalue weighted by Gasteiger charge is -2.35. The molecule has 7 heteroatoms. The first-order chi connectivity index (χ1) is 14.9. The zero-order valence-electron chi connectivity index (χ0n) is 18.2. The number of likely N-dealkylation sites (tertiary alicyclic amines) is 1. The second-order valence-electron chi connectivity index (χ2n) is 7.96. The van der Waals surface area contributed by atoms with Crippen LogP contribution in [0.2, 0.25) is 0 Å². The number of nitrogens with zero attached hydrogens (tertiary/aromatic N) is 1. The Morgan fingerprint density at radius 3 is 2.35 bits per heavy atom. The van der Waals surface area contributed by atoms with E-state index in [2.05, 4.69) is 15.5 Å². The maximum atomic E-state index is 13.1. The van der Waals surface area contributed by atoms with Gasteiger partial charge in [0, 0.05) is 5.92 Å². The van der Waals surface area contributed by atoms with Crippen LogP contribution in [0.3, 0.4) is 0 Å². The summed E-state index contributed by atoms with van der Waals surface area (Å²) in [6.07, 6.45) is 1.37. The molecule has 2 aromatic carbocycles. The maximum absolute atomic E-state index is 13.1. The van der Waals surface area contributed by atoms with Gasteiger partial charge in [-0.3, -0.25) is 14.5 Å². The van der Waals surface area contributed by atoms with E-state index in [-0.39, 0.29) is 35.6 Å². The lowest BCUT2D eigenvalue weighted by Crippen LogP contribution is -2.49. The Balaban J connectivity index is 1.49. The molecule has 0 aliphatic carbocycles. The Kier molecular flexibility index (Phi) is 7.63. The Morgan fingerprint density at radius 2 is 1.71 bits per heavy atom. The molecule has 1 heterocycles. The van der Waals surface area contributed by atoms with Crippen LogP contribution in [0, 0.1) is 11.7 Å². The van der Waals surface area contributed by atoms with E-state index in [0.717, 1.165) is 5.56 Å². The van der Waals surface area contributed by atoms with Gasteiger partial charge in [-0.25, -0.2) is 4.39 Å². The van der Waals surface area contributed by atoms with E-state index < -0.39 is 0 Å². The van der Waals surface area contributed by atoms with Gasteiger partial charge in [-0.1, -0.05) is 24.3 Å². The molecule has 0 spiro atoms. The van der Waals surface area contributed by atoms with Gasteiger partial charge in [0.2, 0.25) is 11.8 Å². The average Bonchev–Trinajstić information content (AvgIpc) is 2.79. The number of hydrogen-bond acceptors (Lipinski definition) is 4. The van der Waals surface area contributed by atoms with Gasteiger partial charge in [-0.2, -0.15) is 0 Å². The molecule has 2 atom stereocenters. The molecule has 2 unspecified atom stereocenters. The molecule has 2 aromatic rings. The molecular formula is C24H30FN3O3. The van der Waals surface area contributed by atoms with E-state index in [1.54, 1.807) is 19.2 Å². The lowest BCUT2D eigenvalue weighted by atomic mass is 9.94. The average molecular weight is 428 g/mol. The van der Waals surface area contributed by atoms with E-state index in [9.17, 15) is 14.0 Å². The lowest BCUT2D eigenvalue weighted by molar-refractivity contribution is -0.127. The van der Waals surface area contributed by atoms with Gasteiger partial charge in [0.1, 0.15) is 11.6 Å². The first-order valence-electron chi connectivity index (χ1n) is 10.6. The molecule has 1 aliphatic heterocycles. The fraction of sp³-hybridized carbons (Fsp3) is 0.417. The highest BCUT2D eigenvalue weighted by atomic mass is 19.1. The van der Waals surface area contributed by atoms with Crippen molar-refractivity contribution in [1.82, 2.24) is 10.2 Å². The molecule has 1 saturated heterocycles. The van der Waals surface area contributed by atoms with Crippen LogP contribution in [0.4, 0.5) is 10.1 Å². The molecule has 0 saturated carbocycles. The fourth-order valence-electron chi connectivity index (χ4n) is 3.87. The number of amides is 2. The van der Waals surface area contributed by atoms with Crippen molar-refractivity contribution < 1.29 is 18.7 Å². The number of carbonyl (C=O) groups excluding carboxylic acids is 2. The molecule has 6 nitrogen and oxygen atoms in total. The summed E-state index contributed by atoms with van der Waals surface area (Å²) in [5.74, 6) is 0.136. The van der Waals surface area contributed by atoms with Crippen LogP contribution in [0.25, 0.3) is 0 Å². The summed E-state index contributed by atoms with van der Waals surface area (Å²) < 4.78 is 18.4. The van der Waals surface area contributed by atoms with Crippen molar-refractivity contribution in [3.8, 4) is 5.75 Å². The Bertz CT molecular complexity index is 895. The number of ether oxygens (including phenoxy) is 1. The summed E-state index contributed by atoms with van der Waals surface area (Å²) in [4.78, 5) is 27.5. The SMILES string of the molecule is COc1ccccc1NC(=O)C1CCN(C(C)C(=O)NC(C)c2ccc(F)cc2)CC1. The molecule has 1 fully saturated rings. The summed E-state index contributed by atoms with van der Waals surface area (Å²) in [7, 11) is 1.58. The number of piperidine rings is 1. The van der Waals surface area contributed by atoms with Crippen LogP contribution >= 0.6 is 0 Å². The van der Waals surface area contributed by atoms with Crippen molar-refractivity contribution in [2.45, 2.75) is 38.8 Å². The van der Waals surface area contributed by atoms with Crippen molar-refractivity contribution in [2.75, 3.05) is 25.5 Å². The fourth-order valence-corrected chi connectivity index (χ4v) is 3.87. The van der Waals surface area contributed by atoms with E-state index in [4.69, 9.17) is 4.74 Å². The zero-order chi connectivity index (χ0) is 22.4. The maximum Gasteiger partial charge on any atom is 0.237 e. The number of anilines is 1. The molecule has 2 N–H and O–H groups in total. The van der Waals surface area contributed by atoms with Crippen LogP contribution < -0.4 is 15.4 Å². The Hall–Kier alpha value is -2.93. The predicted molar refractivity (Wildman–Crippen MR) is 118 cm³/mol. The molecule has 3 rings (SSSR count). The first-order valence-corrected chi connectivity index (χ1v) is 10.6. The van der Waals surface area contributed by atoms with Crippen molar-refractivity contribution in [3.63, 3.8) is 0 Å². The molecular weight excluding hydrogens is 397 g/mol. The number of rotatable bonds is 7. The summed E-state index contributed by atoms with van der Waals surface area (Å²) >= 11 is 0. The predicted octanol–water partition coefficient (Wildman–Crippen LogP) is 3.75. The van der Waals surface area contributed by atoms with Crippen molar-refractivity contribution in [1.29, 1.82) is 0 Å². The number of para-hydroxylation sites is 2. The number of carbonyl (C=O) groups is 2. The van der Waals surface area contributed by atoms with E-state index in [1.165, 1.54) is 12.1 Å². The highest BCUT2D eigenvalue weighted by molar-refractivity contribution is 5.94. The highest BCUT2D eigenvalue weighted by Crippen LogP contribution is 2.26. The van der Waals surface area contributed by atoms with Crippen LogP contribution in [-0.2, 0) is 9.59 Å². The summed E-state index contributed by atoms with van der Waals surface area (Å²) in [6, 6.07) is 13.0. The van der Waals surface area contributed by atoms with E-state index >= 15 is 0 Å². The third-order valence-corrected chi connectivity index (χ3v) is 5.92. The van der Waals surface area contributed by atoms with Crippen molar-refractivity contribution in [2.24, 2.45) is 5.92 Å². The minimum absolute atomic E-state index is 0.0220. The van der Waals surface area contributed by atoms with Gasteiger partial charge in [-0.15, -0.1) is 0 Å². The molecule has 0 bridgehead atoms. The quantitative estimate of drug-likeness (QED) is 0.706. The van der Waals surface area contributed by atoms with Gasteiger partial charge >= 0.3 is 0 Å². The minimum atomic E-state index is -0.305. The van der Waals surface area contributed by atoms with Gasteiger partial charge in [0.25, 0.3) is 0 Å². The second kappa shape index (κ2) is 10.4. The molecule has 166 valence electrons. The molecule has 0 radical (unpaired) electrons. The number of halogens is 1. The standard InChI is InChI=1S/C24H30FN3O3/c1-16(18-8-10-20(25)11-9-18)26-23(29)17(2)28-14-12-19(13-15-28)24(30)27-21-6-4-5-7-22(21)31-3/h4-11,16-17,19H,12-15H2,1-3H3,(H,26,29)(H,27,30). The number of methoxy groups -OCH3 is 1. The monoisotopic (exact) mass is 427 g/mol. The Labute approximate surface area is 182 Å². The van der Waals surface area contributed by atoms with Crippen LogP contribution in [0.5, 0.6) is 5.75 Å². The third kappa shape index (κ3) is 5.82. The van der Waals surface area contributed by atoms with Gasteiger partial charge < -0.3 is 15.4 Å². The second-order valence-corrected chi connectivity index (χ2v) is 7.96. The molecule has 2 amide bonds. The molecule has 0 aromatic heterocycles. The molecule has 31 heavy (non-hydrogen) atoms. The summed E-state index contributed by atoms with van der Waals surface area (Å²) in [5.41, 5.74) is 1.52. The number of benzene rings is 2. The first kappa shape index (κ1) is 22.7. The van der Waals surface area contributed by atoms with Crippen LogP contribution in [-0.4, -0.2) is 43.0 Å². The Morgan fingerprint density at radius 1 is 1.06 bits per heavy atom. The molecule has 1 aliphatic rings. The van der Waals surface area contributed by atoms with Crippen molar-refractivity contribution >= 4 is 17.5 Å². The van der Waals surface area contributed by atoms with Crippen molar-refractivity contribution in [3.05, 3.63) is 59.9 Å². The zero-order valence-corrected chi connectivity index (χ0v) is 18.2. The van der Waals surface area contributed by atoms with E-state index in [0.29, 0.717) is 37.4 Å². The smallest absolute Gasteiger partial charge is 0.237 e. The van der Waals surface area contributed by atoms with Gasteiger partial charge in [0.15, 0.2) is 0 Å². The minimum Gasteiger partial charge on any atom is -0.495 e. The van der Waals surface area contributed by atoms with Crippen LogP contribution in [0.15, 0.2) is 48.5 Å². The number of nitrogens with one attached hydrogen (secondary N) is 2. The summed E-state index contributed by atoms with van der Waals surface area (Å²) in [5, 5.41) is 5.95. The van der Waals surface area contributed by atoms with E-state index in [1.807, 2.05) is 38.1 Å². The number of hydrogen-bond donors (Lipinski definition) is 2. The van der Waals surface area contributed by atoms with Crippen LogP contribution in [0.1, 0.15) is 38.3 Å². The summed E-state index contributed by atoms with van der Waals surface area (Å²) in [6.45, 7) is 5.10. The largest absolute Gasteiger partial charge is 0.495 e. The highest BCUT2D eigenvalue weighted by Gasteiger charge is 2.30.